The van der Waals surface area contributed by atoms with Crippen molar-refractivity contribution < 1.29 is 8.78 Å². The summed E-state index contributed by atoms with van der Waals surface area (Å²) in [6.07, 6.45) is 0. The van der Waals surface area contributed by atoms with E-state index in [4.69, 9.17) is 0 Å². The summed E-state index contributed by atoms with van der Waals surface area (Å²) in [7, 11) is 0. The Kier molecular flexibility index (Phi) is 3.53. The van der Waals surface area contributed by atoms with E-state index in [2.05, 4.69) is 0 Å². The zero-order valence-corrected chi connectivity index (χ0v) is 9.42. The molecule has 0 aliphatic rings. The highest BCUT2D eigenvalue weighted by atomic mass is 32.2. The van der Waals surface area contributed by atoms with Gasteiger partial charge >= 0.3 is 0 Å². The molecule has 0 atom stereocenters. The summed E-state index contributed by atoms with van der Waals surface area (Å²) in [5, 5.41) is 0. The van der Waals surface area contributed by atoms with Crippen molar-refractivity contribution in [1.82, 2.24) is 0 Å². The summed E-state index contributed by atoms with van der Waals surface area (Å²) in [6, 6.07) is 4.84. The topological polar surface area (TPSA) is 0 Å². The van der Waals surface area contributed by atoms with E-state index in [0.29, 0.717) is 11.3 Å². The van der Waals surface area contributed by atoms with Crippen molar-refractivity contribution in [3.63, 3.8) is 0 Å². The molecule has 0 bridgehead atoms. The van der Waals surface area contributed by atoms with Gasteiger partial charge in [0.25, 0.3) is 0 Å². The monoisotopic (exact) mass is 216 g/mol. The van der Waals surface area contributed by atoms with Crippen LogP contribution in [0.5, 0.6) is 0 Å². The van der Waals surface area contributed by atoms with Crippen LogP contribution in [0.3, 0.4) is 0 Å². The van der Waals surface area contributed by atoms with Crippen molar-refractivity contribution in [3.05, 3.63) is 29.6 Å². The van der Waals surface area contributed by atoms with Crippen LogP contribution in [-0.4, -0.2) is 11.4 Å². The van der Waals surface area contributed by atoms with E-state index in [-0.39, 0.29) is 5.82 Å². The van der Waals surface area contributed by atoms with E-state index in [1.54, 1.807) is 19.1 Å². The number of thioether (sulfide) groups is 1. The molecule has 78 valence electrons. The first-order valence-electron chi connectivity index (χ1n) is 4.46. The van der Waals surface area contributed by atoms with Crippen molar-refractivity contribution in [2.24, 2.45) is 0 Å². The van der Waals surface area contributed by atoms with Crippen molar-refractivity contribution >= 4 is 11.8 Å². The van der Waals surface area contributed by atoms with Gasteiger partial charge in [-0.1, -0.05) is 0 Å². The predicted molar refractivity (Wildman–Crippen MR) is 57.0 cm³/mol. The van der Waals surface area contributed by atoms with Gasteiger partial charge in [0, 0.05) is 10.6 Å². The maximum Gasteiger partial charge on any atom is 0.126 e. The number of hydrogen-bond acceptors (Lipinski definition) is 1. The van der Waals surface area contributed by atoms with Crippen molar-refractivity contribution in [3.8, 4) is 0 Å². The highest BCUT2D eigenvalue weighted by Crippen LogP contribution is 2.25. The molecule has 0 unspecified atom stereocenters. The number of hydrogen-bond donors (Lipinski definition) is 0. The number of benzene rings is 1. The lowest BCUT2D eigenvalue weighted by molar-refractivity contribution is 0.253. The average Bonchev–Trinajstić information content (AvgIpc) is 2.06. The summed E-state index contributed by atoms with van der Waals surface area (Å²) in [4.78, 5) is 0.912. The summed E-state index contributed by atoms with van der Waals surface area (Å²) in [5.41, 5.74) is -0.584. The fourth-order valence-electron chi connectivity index (χ4n) is 0.962. The van der Waals surface area contributed by atoms with Crippen molar-refractivity contribution in [1.29, 1.82) is 0 Å². The Balaban J connectivity index is 2.65. The van der Waals surface area contributed by atoms with E-state index in [1.165, 1.54) is 31.7 Å². The molecule has 0 nitrogen and oxygen atoms in total. The summed E-state index contributed by atoms with van der Waals surface area (Å²) >= 11 is 1.41. The van der Waals surface area contributed by atoms with Crippen molar-refractivity contribution in [2.75, 3.05) is 5.75 Å². The second kappa shape index (κ2) is 4.30. The van der Waals surface area contributed by atoms with Crippen LogP contribution in [0.25, 0.3) is 0 Å². The van der Waals surface area contributed by atoms with Crippen molar-refractivity contribution in [2.45, 2.75) is 31.3 Å². The minimum Gasteiger partial charge on any atom is -0.244 e. The Labute approximate surface area is 87.7 Å². The number of halogens is 2. The number of alkyl halides is 1. The van der Waals surface area contributed by atoms with Crippen LogP contribution in [0.2, 0.25) is 0 Å². The molecular weight excluding hydrogens is 202 g/mol. The normalized spacial score (nSPS) is 11.8. The van der Waals surface area contributed by atoms with E-state index >= 15 is 0 Å². The number of rotatable bonds is 3. The summed E-state index contributed by atoms with van der Waals surface area (Å²) in [6.45, 7) is 4.78. The van der Waals surface area contributed by atoms with Crippen LogP contribution in [0.1, 0.15) is 19.4 Å². The number of aryl methyl sites for hydroxylation is 1. The van der Waals surface area contributed by atoms with Gasteiger partial charge in [-0.3, -0.25) is 0 Å². The van der Waals surface area contributed by atoms with Gasteiger partial charge in [0.15, 0.2) is 0 Å². The molecule has 0 fully saturated rings. The molecule has 1 rings (SSSR count). The zero-order valence-electron chi connectivity index (χ0n) is 8.60. The Bertz CT molecular complexity index is 316. The van der Waals surface area contributed by atoms with Gasteiger partial charge < -0.3 is 0 Å². The first-order valence-corrected chi connectivity index (χ1v) is 5.45. The van der Waals surface area contributed by atoms with Gasteiger partial charge in [-0.15, -0.1) is 11.8 Å². The van der Waals surface area contributed by atoms with Crippen LogP contribution in [0.15, 0.2) is 23.1 Å². The first-order chi connectivity index (χ1) is 6.38. The lowest BCUT2D eigenvalue weighted by Crippen LogP contribution is -2.14. The van der Waals surface area contributed by atoms with E-state index < -0.39 is 5.67 Å². The SMILES string of the molecule is Cc1cc(SCC(C)(C)F)ccc1F. The quantitative estimate of drug-likeness (QED) is 0.689. The van der Waals surface area contributed by atoms with E-state index in [9.17, 15) is 8.78 Å². The molecule has 14 heavy (non-hydrogen) atoms. The fraction of sp³-hybridized carbons (Fsp3) is 0.455. The molecule has 0 N–H and O–H groups in total. The third-order valence-corrected chi connectivity index (χ3v) is 3.13. The molecule has 0 saturated heterocycles. The van der Waals surface area contributed by atoms with E-state index in [1.807, 2.05) is 0 Å². The highest BCUT2D eigenvalue weighted by Gasteiger charge is 2.15. The lowest BCUT2D eigenvalue weighted by Gasteiger charge is -2.13. The van der Waals surface area contributed by atoms with Gasteiger partial charge in [-0.05, 0) is 44.5 Å². The molecular formula is C11H14F2S. The third-order valence-electron chi connectivity index (χ3n) is 1.71. The Morgan fingerprint density at radius 2 is 2.00 bits per heavy atom. The van der Waals surface area contributed by atoms with E-state index in [0.717, 1.165) is 4.90 Å². The largest absolute Gasteiger partial charge is 0.244 e. The summed E-state index contributed by atoms with van der Waals surface area (Å²) in [5.74, 6) is 0.173. The first kappa shape index (κ1) is 11.5. The van der Waals surface area contributed by atoms with Crippen LogP contribution in [0.4, 0.5) is 8.78 Å². The minimum absolute atomic E-state index is 0.214. The lowest BCUT2D eigenvalue weighted by atomic mass is 10.2. The van der Waals surface area contributed by atoms with Crippen LogP contribution in [-0.2, 0) is 0 Å². The Morgan fingerprint density at radius 3 is 2.50 bits per heavy atom. The molecule has 1 aromatic carbocycles. The molecule has 0 aliphatic heterocycles. The van der Waals surface area contributed by atoms with Gasteiger partial charge in [-0.2, -0.15) is 0 Å². The Morgan fingerprint density at radius 1 is 1.36 bits per heavy atom. The minimum atomic E-state index is -1.19. The van der Waals surface area contributed by atoms with Crippen LogP contribution >= 0.6 is 11.8 Å². The molecule has 0 amide bonds. The van der Waals surface area contributed by atoms with Gasteiger partial charge in [0.1, 0.15) is 11.5 Å². The summed E-state index contributed by atoms with van der Waals surface area (Å²) < 4.78 is 26.0. The van der Waals surface area contributed by atoms with Gasteiger partial charge in [0.05, 0.1) is 0 Å². The smallest absolute Gasteiger partial charge is 0.126 e. The van der Waals surface area contributed by atoms with Gasteiger partial charge in [0.2, 0.25) is 0 Å². The predicted octanol–water partition coefficient (Wildman–Crippen LogP) is 3.97. The molecule has 0 spiro atoms. The molecule has 0 radical (unpaired) electrons. The fourth-order valence-corrected chi connectivity index (χ4v) is 1.90. The standard InChI is InChI=1S/C11H14F2S/c1-8-6-9(4-5-10(8)12)14-7-11(2,3)13/h4-6H,7H2,1-3H3. The molecule has 1 aromatic rings. The second-order valence-corrected chi connectivity index (χ2v) is 4.97. The molecule has 0 aromatic heterocycles. The molecule has 0 aliphatic carbocycles. The molecule has 0 saturated carbocycles. The third kappa shape index (κ3) is 3.66. The van der Waals surface area contributed by atoms with Gasteiger partial charge in [-0.25, -0.2) is 8.78 Å². The van der Waals surface area contributed by atoms with Crippen LogP contribution in [0, 0.1) is 12.7 Å². The Hall–Kier alpha value is -0.570. The zero-order chi connectivity index (χ0) is 10.8. The van der Waals surface area contributed by atoms with Crippen LogP contribution < -0.4 is 0 Å². The maximum absolute atomic E-state index is 13.2. The molecule has 0 heterocycles. The highest BCUT2D eigenvalue weighted by molar-refractivity contribution is 7.99. The average molecular weight is 216 g/mol. The maximum atomic E-state index is 13.2. The second-order valence-electron chi connectivity index (χ2n) is 3.92. The molecule has 3 heteroatoms.